The molecule has 5 heteroatoms. The molecule has 0 bridgehead atoms. The van der Waals surface area contributed by atoms with Crippen molar-refractivity contribution in [2.45, 2.75) is 6.10 Å². The highest BCUT2D eigenvalue weighted by molar-refractivity contribution is 5.54. The van der Waals surface area contributed by atoms with Crippen molar-refractivity contribution in [3.63, 3.8) is 0 Å². The number of aliphatic hydroxyl groups is 1. The molecule has 1 unspecified atom stereocenters. The molecule has 0 aliphatic rings. The first-order valence-corrected chi connectivity index (χ1v) is 5.79. The lowest BCUT2D eigenvalue weighted by molar-refractivity contribution is 0.191. The standard InChI is InChI=1S/C14H14F2N2O/c15-11-6-10(17)7-12(16)14(11)18-8-13(19)9-4-2-1-3-5-9/h1-7,13,18-19H,8,17H2. The van der Waals surface area contributed by atoms with E-state index in [0.29, 0.717) is 5.56 Å². The van der Waals surface area contributed by atoms with E-state index in [4.69, 9.17) is 5.73 Å². The summed E-state index contributed by atoms with van der Waals surface area (Å²) in [6.07, 6.45) is -0.849. The van der Waals surface area contributed by atoms with Gasteiger partial charge in [0.05, 0.1) is 6.10 Å². The first-order chi connectivity index (χ1) is 9.08. The minimum atomic E-state index is -0.849. The van der Waals surface area contributed by atoms with E-state index in [2.05, 4.69) is 5.32 Å². The molecule has 0 saturated carbocycles. The van der Waals surface area contributed by atoms with Gasteiger partial charge in [-0.1, -0.05) is 30.3 Å². The molecule has 0 heterocycles. The Labute approximate surface area is 109 Å². The van der Waals surface area contributed by atoms with E-state index < -0.39 is 17.7 Å². The first kappa shape index (κ1) is 13.3. The summed E-state index contributed by atoms with van der Waals surface area (Å²) in [6.45, 7) is 0.00176. The number of anilines is 2. The maximum absolute atomic E-state index is 13.5. The molecule has 19 heavy (non-hydrogen) atoms. The molecular formula is C14H14F2N2O. The third kappa shape index (κ3) is 3.20. The maximum Gasteiger partial charge on any atom is 0.151 e. The normalized spacial score (nSPS) is 12.2. The molecule has 2 aromatic rings. The van der Waals surface area contributed by atoms with E-state index in [-0.39, 0.29) is 17.9 Å². The van der Waals surface area contributed by atoms with Gasteiger partial charge in [-0.25, -0.2) is 8.78 Å². The summed E-state index contributed by atoms with van der Waals surface area (Å²) in [7, 11) is 0. The number of benzene rings is 2. The number of nitrogens with two attached hydrogens (primary N) is 1. The van der Waals surface area contributed by atoms with Crippen LogP contribution in [0.25, 0.3) is 0 Å². The summed E-state index contributed by atoms with van der Waals surface area (Å²) in [4.78, 5) is 0. The average molecular weight is 264 g/mol. The Morgan fingerprint density at radius 2 is 1.68 bits per heavy atom. The van der Waals surface area contributed by atoms with Crippen molar-refractivity contribution in [2.75, 3.05) is 17.6 Å². The van der Waals surface area contributed by atoms with Crippen LogP contribution in [0.1, 0.15) is 11.7 Å². The quantitative estimate of drug-likeness (QED) is 0.744. The second-order valence-corrected chi connectivity index (χ2v) is 4.17. The van der Waals surface area contributed by atoms with E-state index in [1.165, 1.54) is 0 Å². The van der Waals surface area contributed by atoms with Crippen molar-refractivity contribution in [3.05, 3.63) is 59.7 Å². The second kappa shape index (κ2) is 5.67. The summed E-state index contributed by atoms with van der Waals surface area (Å²) in [6, 6.07) is 10.9. The topological polar surface area (TPSA) is 58.3 Å². The van der Waals surface area contributed by atoms with Crippen molar-refractivity contribution in [1.82, 2.24) is 0 Å². The summed E-state index contributed by atoms with van der Waals surface area (Å²) in [5.74, 6) is -1.56. The maximum atomic E-state index is 13.5. The number of nitrogens with one attached hydrogen (secondary N) is 1. The van der Waals surface area contributed by atoms with Gasteiger partial charge in [-0.2, -0.15) is 0 Å². The highest BCUT2D eigenvalue weighted by Gasteiger charge is 2.12. The Balaban J connectivity index is 2.07. The Bertz CT molecular complexity index is 538. The van der Waals surface area contributed by atoms with Crippen LogP contribution < -0.4 is 11.1 Å². The lowest BCUT2D eigenvalue weighted by Gasteiger charge is -2.14. The molecule has 3 nitrogen and oxygen atoms in total. The van der Waals surface area contributed by atoms with Crippen LogP contribution in [0.15, 0.2) is 42.5 Å². The van der Waals surface area contributed by atoms with Crippen molar-refractivity contribution < 1.29 is 13.9 Å². The zero-order valence-corrected chi connectivity index (χ0v) is 10.1. The fourth-order valence-electron chi connectivity index (χ4n) is 1.75. The summed E-state index contributed by atoms with van der Waals surface area (Å²) in [5.41, 5.74) is 5.72. The van der Waals surface area contributed by atoms with E-state index in [1.54, 1.807) is 24.3 Å². The summed E-state index contributed by atoms with van der Waals surface area (Å²) < 4.78 is 27.0. The van der Waals surface area contributed by atoms with Crippen LogP contribution in [0.4, 0.5) is 20.2 Å². The predicted octanol–water partition coefficient (Wildman–Crippen LogP) is 2.69. The van der Waals surface area contributed by atoms with Gasteiger partial charge < -0.3 is 16.2 Å². The molecule has 2 aromatic carbocycles. The van der Waals surface area contributed by atoms with Gasteiger partial charge in [0, 0.05) is 12.2 Å². The molecule has 0 saturated heterocycles. The summed E-state index contributed by atoms with van der Waals surface area (Å²) >= 11 is 0. The zero-order valence-electron chi connectivity index (χ0n) is 10.1. The SMILES string of the molecule is Nc1cc(F)c(NCC(O)c2ccccc2)c(F)c1. The molecule has 4 N–H and O–H groups in total. The fourth-order valence-corrected chi connectivity index (χ4v) is 1.75. The van der Waals surface area contributed by atoms with Crippen LogP contribution in [0, 0.1) is 11.6 Å². The highest BCUT2D eigenvalue weighted by Crippen LogP contribution is 2.23. The van der Waals surface area contributed by atoms with E-state index >= 15 is 0 Å². The first-order valence-electron chi connectivity index (χ1n) is 5.79. The average Bonchev–Trinajstić information content (AvgIpc) is 2.38. The molecule has 0 radical (unpaired) electrons. The smallest absolute Gasteiger partial charge is 0.151 e. The van der Waals surface area contributed by atoms with Gasteiger partial charge in [0.15, 0.2) is 11.6 Å². The fraction of sp³-hybridized carbons (Fsp3) is 0.143. The largest absolute Gasteiger partial charge is 0.399 e. The van der Waals surface area contributed by atoms with Crippen LogP contribution in [-0.4, -0.2) is 11.7 Å². The van der Waals surface area contributed by atoms with Gasteiger partial charge in [-0.15, -0.1) is 0 Å². The van der Waals surface area contributed by atoms with Gasteiger partial charge in [-0.05, 0) is 17.7 Å². The Morgan fingerprint density at radius 1 is 1.11 bits per heavy atom. The van der Waals surface area contributed by atoms with Crippen LogP contribution in [0.2, 0.25) is 0 Å². The number of hydrogen-bond acceptors (Lipinski definition) is 3. The third-order valence-corrected chi connectivity index (χ3v) is 2.72. The van der Waals surface area contributed by atoms with Gasteiger partial charge in [0.1, 0.15) is 5.69 Å². The molecular weight excluding hydrogens is 250 g/mol. The molecule has 2 rings (SSSR count). The minimum Gasteiger partial charge on any atom is -0.399 e. The summed E-state index contributed by atoms with van der Waals surface area (Å²) in [5, 5.41) is 12.4. The monoisotopic (exact) mass is 264 g/mol. The second-order valence-electron chi connectivity index (χ2n) is 4.17. The van der Waals surface area contributed by atoms with E-state index in [1.807, 2.05) is 6.07 Å². The number of rotatable bonds is 4. The Hall–Kier alpha value is -2.14. The lowest BCUT2D eigenvalue weighted by Crippen LogP contribution is -2.14. The van der Waals surface area contributed by atoms with Crippen molar-refractivity contribution in [1.29, 1.82) is 0 Å². The van der Waals surface area contributed by atoms with Gasteiger partial charge in [0.2, 0.25) is 0 Å². The predicted molar refractivity (Wildman–Crippen MR) is 70.7 cm³/mol. The molecule has 0 amide bonds. The molecule has 0 aliphatic heterocycles. The number of nitrogen functional groups attached to an aromatic ring is 1. The van der Waals surface area contributed by atoms with Gasteiger partial charge in [-0.3, -0.25) is 0 Å². The van der Waals surface area contributed by atoms with E-state index in [0.717, 1.165) is 12.1 Å². The third-order valence-electron chi connectivity index (χ3n) is 2.72. The van der Waals surface area contributed by atoms with E-state index in [9.17, 15) is 13.9 Å². The molecule has 0 fully saturated rings. The zero-order chi connectivity index (χ0) is 13.8. The van der Waals surface area contributed by atoms with Crippen LogP contribution >= 0.6 is 0 Å². The van der Waals surface area contributed by atoms with Crippen LogP contribution in [-0.2, 0) is 0 Å². The molecule has 100 valence electrons. The molecule has 0 spiro atoms. The molecule has 1 atom stereocenters. The number of halogens is 2. The van der Waals surface area contributed by atoms with Crippen LogP contribution in [0.3, 0.4) is 0 Å². The van der Waals surface area contributed by atoms with Crippen molar-refractivity contribution in [2.24, 2.45) is 0 Å². The lowest BCUT2D eigenvalue weighted by atomic mass is 10.1. The van der Waals surface area contributed by atoms with Crippen molar-refractivity contribution in [3.8, 4) is 0 Å². The Kier molecular flexibility index (Phi) is 3.97. The van der Waals surface area contributed by atoms with Crippen molar-refractivity contribution >= 4 is 11.4 Å². The van der Waals surface area contributed by atoms with Gasteiger partial charge >= 0.3 is 0 Å². The molecule has 0 aromatic heterocycles. The Morgan fingerprint density at radius 3 is 2.26 bits per heavy atom. The number of aliphatic hydroxyl groups excluding tert-OH is 1. The van der Waals surface area contributed by atoms with Crippen LogP contribution in [0.5, 0.6) is 0 Å². The van der Waals surface area contributed by atoms with Gasteiger partial charge in [0.25, 0.3) is 0 Å². The molecule has 0 aliphatic carbocycles. The number of hydrogen-bond donors (Lipinski definition) is 3. The highest BCUT2D eigenvalue weighted by atomic mass is 19.1. The minimum absolute atomic E-state index is 0.00176.